The lowest BCUT2D eigenvalue weighted by Gasteiger charge is -2.33. The van der Waals surface area contributed by atoms with Crippen molar-refractivity contribution in [3.05, 3.63) is 18.0 Å². The van der Waals surface area contributed by atoms with E-state index in [0.717, 1.165) is 76.8 Å². The molecule has 4 rings (SSSR count). The maximum absolute atomic E-state index is 5.41. The predicted octanol–water partition coefficient (Wildman–Crippen LogP) is 0.645. The summed E-state index contributed by atoms with van der Waals surface area (Å²) >= 11 is 0. The number of likely N-dealkylation sites (tertiary alicyclic amines) is 1. The van der Waals surface area contributed by atoms with E-state index < -0.39 is 0 Å². The summed E-state index contributed by atoms with van der Waals surface area (Å²) in [6.07, 6.45) is 2.20. The zero-order valence-electron chi connectivity index (χ0n) is 14.8. The topological polar surface area (TPSA) is 68.0 Å². The number of nitrogens with zero attached hydrogens (tertiary/aromatic N) is 6. The number of methoxy groups -OCH3 is 1. The van der Waals surface area contributed by atoms with Crippen LogP contribution in [0.15, 0.2) is 12.1 Å². The van der Waals surface area contributed by atoms with Gasteiger partial charge in [0.1, 0.15) is 0 Å². The zero-order valence-corrected chi connectivity index (χ0v) is 14.8. The normalized spacial score (nSPS) is 21.0. The molecule has 0 aromatic carbocycles. The van der Waals surface area contributed by atoms with Crippen molar-refractivity contribution in [1.29, 1.82) is 0 Å². The molecule has 25 heavy (non-hydrogen) atoms. The van der Waals surface area contributed by atoms with E-state index in [1.54, 1.807) is 7.11 Å². The van der Waals surface area contributed by atoms with Crippen molar-refractivity contribution in [3.63, 3.8) is 0 Å². The third-order valence-corrected chi connectivity index (χ3v) is 5.26. The van der Waals surface area contributed by atoms with Gasteiger partial charge in [0.05, 0.1) is 20.3 Å². The fourth-order valence-corrected chi connectivity index (χ4v) is 3.67. The third-order valence-electron chi connectivity index (χ3n) is 5.26. The standard InChI is InChI=1S/C17H26N6O2/c1-24-16-3-2-15-18-19-17(23(15)20-16)14-4-6-21(7-5-14)8-9-22-10-12-25-13-11-22/h2-3,14H,4-13H2,1H3. The van der Waals surface area contributed by atoms with Crippen molar-refractivity contribution >= 4 is 5.65 Å². The molecule has 0 aliphatic carbocycles. The van der Waals surface area contributed by atoms with Crippen molar-refractivity contribution in [3.8, 4) is 5.88 Å². The van der Waals surface area contributed by atoms with E-state index in [0.29, 0.717) is 11.8 Å². The van der Waals surface area contributed by atoms with Gasteiger partial charge < -0.3 is 14.4 Å². The van der Waals surface area contributed by atoms with Crippen molar-refractivity contribution in [2.45, 2.75) is 18.8 Å². The second-order valence-electron chi connectivity index (χ2n) is 6.77. The molecule has 0 spiro atoms. The first-order chi connectivity index (χ1) is 12.3. The molecule has 2 aliphatic heterocycles. The fraction of sp³-hybridized carbons (Fsp3) is 0.706. The molecule has 0 bridgehead atoms. The first-order valence-corrected chi connectivity index (χ1v) is 9.12. The van der Waals surface area contributed by atoms with E-state index >= 15 is 0 Å². The first kappa shape index (κ1) is 16.7. The molecule has 0 radical (unpaired) electrons. The van der Waals surface area contributed by atoms with Gasteiger partial charge in [-0.3, -0.25) is 4.90 Å². The second-order valence-corrected chi connectivity index (χ2v) is 6.77. The van der Waals surface area contributed by atoms with Crippen molar-refractivity contribution in [2.24, 2.45) is 0 Å². The van der Waals surface area contributed by atoms with Crippen LogP contribution in [0.25, 0.3) is 5.65 Å². The Bertz CT molecular complexity index is 692. The maximum Gasteiger partial charge on any atom is 0.231 e. The molecule has 0 atom stereocenters. The monoisotopic (exact) mass is 346 g/mol. The molecule has 0 N–H and O–H groups in total. The summed E-state index contributed by atoms with van der Waals surface area (Å²) in [5.74, 6) is 1.97. The quantitative estimate of drug-likeness (QED) is 0.787. The Balaban J connectivity index is 1.34. The smallest absolute Gasteiger partial charge is 0.231 e. The minimum absolute atomic E-state index is 0.411. The molecule has 2 fully saturated rings. The highest BCUT2D eigenvalue weighted by atomic mass is 16.5. The van der Waals surface area contributed by atoms with Crippen LogP contribution in [0.5, 0.6) is 5.88 Å². The summed E-state index contributed by atoms with van der Waals surface area (Å²) in [6.45, 7) is 8.37. The van der Waals surface area contributed by atoms with Crippen LogP contribution in [0.1, 0.15) is 24.6 Å². The van der Waals surface area contributed by atoms with E-state index in [1.807, 2.05) is 16.6 Å². The summed E-state index contributed by atoms with van der Waals surface area (Å²) in [7, 11) is 1.63. The summed E-state index contributed by atoms with van der Waals surface area (Å²) in [6, 6.07) is 3.72. The summed E-state index contributed by atoms with van der Waals surface area (Å²) in [4.78, 5) is 5.06. The van der Waals surface area contributed by atoms with Gasteiger partial charge in [-0.1, -0.05) is 0 Å². The molecule has 8 nitrogen and oxygen atoms in total. The molecule has 0 amide bonds. The SMILES string of the molecule is COc1ccc2nnc(C3CCN(CCN4CCOCC4)CC3)n2n1. The van der Waals surface area contributed by atoms with Crippen molar-refractivity contribution < 1.29 is 9.47 Å². The Kier molecular flexibility index (Phi) is 5.09. The van der Waals surface area contributed by atoms with Crippen LogP contribution in [0.4, 0.5) is 0 Å². The molecule has 2 aromatic heterocycles. The van der Waals surface area contributed by atoms with E-state index in [1.165, 1.54) is 0 Å². The van der Waals surface area contributed by atoms with Gasteiger partial charge >= 0.3 is 0 Å². The van der Waals surface area contributed by atoms with Gasteiger partial charge in [0, 0.05) is 38.2 Å². The molecule has 136 valence electrons. The summed E-state index contributed by atoms with van der Waals surface area (Å²) < 4.78 is 12.5. The van der Waals surface area contributed by atoms with Crippen LogP contribution >= 0.6 is 0 Å². The highest BCUT2D eigenvalue weighted by Crippen LogP contribution is 2.27. The number of morpholine rings is 1. The van der Waals surface area contributed by atoms with Crippen LogP contribution in [0.2, 0.25) is 0 Å². The highest BCUT2D eigenvalue weighted by Gasteiger charge is 2.25. The fourth-order valence-electron chi connectivity index (χ4n) is 3.67. The number of aromatic nitrogens is 4. The Labute approximate surface area is 147 Å². The number of piperidine rings is 1. The second kappa shape index (κ2) is 7.63. The van der Waals surface area contributed by atoms with Crippen LogP contribution in [-0.4, -0.2) is 89.2 Å². The lowest BCUT2D eigenvalue weighted by Crippen LogP contribution is -2.43. The number of hydrogen-bond acceptors (Lipinski definition) is 7. The summed E-state index contributed by atoms with van der Waals surface area (Å²) in [5.41, 5.74) is 0.783. The van der Waals surface area contributed by atoms with Crippen LogP contribution in [0.3, 0.4) is 0 Å². The minimum atomic E-state index is 0.411. The van der Waals surface area contributed by atoms with E-state index in [-0.39, 0.29) is 0 Å². The van der Waals surface area contributed by atoms with Crippen LogP contribution in [0, 0.1) is 0 Å². The van der Waals surface area contributed by atoms with Gasteiger partial charge in [-0.15, -0.1) is 15.3 Å². The Morgan fingerprint density at radius 2 is 1.76 bits per heavy atom. The molecule has 4 heterocycles. The number of fused-ring (bicyclic) bond motifs is 1. The lowest BCUT2D eigenvalue weighted by molar-refractivity contribution is 0.0320. The predicted molar refractivity (Wildman–Crippen MR) is 93.0 cm³/mol. The number of ether oxygens (including phenoxy) is 2. The van der Waals surface area contributed by atoms with Gasteiger partial charge in [-0.05, 0) is 32.0 Å². The molecule has 0 unspecified atom stereocenters. The van der Waals surface area contributed by atoms with Gasteiger partial charge in [0.2, 0.25) is 5.88 Å². The van der Waals surface area contributed by atoms with E-state index in [9.17, 15) is 0 Å². The largest absolute Gasteiger partial charge is 0.480 e. The average Bonchev–Trinajstić information content (AvgIpc) is 3.10. The molecule has 2 saturated heterocycles. The molecule has 2 aromatic rings. The molecule has 8 heteroatoms. The molecule has 2 aliphatic rings. The molecular weight excluding hydrogens is 320 g/mol. The molecule has 0 saturated carbocycles. The first-order valence-electron chi connectivity index (χ1n) is 9.12. The van der Waals surface area contributed by atoms with Crippen molar-refractivity contribution in [1.82, 2.24) is 29.6 Å². The van der Waals surface area contributed by atoms with Gasteiger partial charge in [-0.25, -0.2) is 0 Å². The Hall–Kier alpha value is -1.77. The van der Waals surface area contributed by atoms with E-state index in [4.69, 9.17) is 9.47 Å². The summed E-state index contributed by atoms with van der Waals surface area (Å²) in [5, 5.41) is 13.1. The Morgan fingerprint density at radius 1 is 1.04 bits per heavy atom. The van der Waals surface area contributed by atoms with Crippen LogP contribution < -0.4 is 4.74 Å². The number of rotatable bonds is 5. The van der Waals surface area contributed by atoms with Crippen LogP contribution in [-0.2, 0) is 4.74 Å². The minimum Gasteiger partial charge on any atom is -0.480 e. The Morgan fingerprint density at radius 3 is 2.48 bits per heavy atom. The lowest BCUT2D eigenvalue weighted by atomic mass is 9.96. The van der Waals surface area contributed by atoms with Gasteiger partial charge in [-0.2, -0.15) is 4.52 Å². The highest BCUT2D eigenvalue weighted by molar-refractivity contribution is 5.38. The average molecular weight is 346 g/mol. The third kappa shape index (κ3) is 3.75. The van der Waals surface area contributed by atoms with Crippen molar-refractivity contribution in [2.75, 3.05) is 59.6 Å². The molecular formula is C17H26N6O2. The van der Waals surface area contributed by atoms with Gasteiger partial charge in [0.25, 0.3) is 0 Å². The van der Waals surface area contributed by atoms with Gasteiger partial charge in [0.15, 0.2) is 11.5 Å². The maximum atomic E-state index is 5.41. The number of hydrogen-bond donors (Lipinski definition) is 0. The zero-order chi connectivity index (χ0) is 17.1. The van der Waals surface area contributed by atoms with E-state index in [2.05, 4.69) is 25.1 Å².